The van der Waals surface area contributed by atoms with Gasteiger partial charge in [-0.3, -0.25) is 10.1 Å². The van der Waals surface area contributed by atoms with Gasteiger partial charge in [-0.05, 0) is 29.1 Å². The van der Waals surface area contributed by atoms with Gasteiger partial charge in [-0.1, -0.05) is 30.3 Å². The van der Waals surface area contributed by atoms with E-state index < -0.39 is 4.92 Å². The molecule has 0 aliphatic heterocycles. The average Bonchev–Trinajstić information content (AvgIpc) is 3.08. The van der Waals surface area contributed by atoms with Gasteiger partial charge in [0.2, 0.25) is 0 Å². The largest absolute Gasteiger partial charge is 0.386 e. The maximum Gasteiger partial charge on any atom is 0.270 e. The standard InChI is InChI=1S/C18H13N5O2S/c1-19-16-8-6-11-4-2-3-5-13(11)17(16)20-21-18-14-10-12(23(24)25)7-9-15(14)22-26-18/h2-10,19H,1H3. The second-order valence-electron chi connectivity index (χ2n) is 5.58. The Morgan fingerprint density at radius 3 is 2.73 bits per heavy atom. The molecule has 0 unspecified atom stereocenters. The maximum absolute atomic E-state index is 11.0. The van der Waals surface area contributed by atoms with E-state index in [1.165, 1.54) is 23.7 Å². The van der Waals surface area contributed by atoms with Gasteiger partial charge in [0.1, 0.15) is 5.69 Å². The molecule has 1 aromatic heterocycles. The number of non-ortho nitro benzene ring substituents is 1. The highest BCUT2D eigenvalue weighted by molar-refractivity contribution is 7.11. The first-order valence-corrected chi connectivity index (χ1v) is 8.60. The lowest BCUT2D eigenvalue weighted by molar-refractivity contribution is -0.384. The third kappa shape index (κ3) is 2.76. The summed E-state index contributed by atoms with van der Waals surface area (Å²) in [6.45, 7) is 0. The molecule has 4 aromatic rings. The van der Waals surface area contributed by atoms with Crippen molar-refractivity contribution in [1.29, 1.82) is 0 Å². The Morgan fingerprint density at radius 1 is 1.08 bits per heavy atom. The lowest BCUT2D eigenvalue weighted by Crippen LogP contribution is -1.88. The number of benzene rings is 3. The van der Waals surface area contributed by atoms with Crippen molar-refractivity contribution in [3.05, 3.63) is 64.7 Å². The van der Waals surface area contributed by atoms with E-state index in [9.17, 15) is 10.1 Å². The minimum absolute atomic E-state index is 0.00947. The monoisotopic (exact) mass is 363 g/mol. The summed E-state index contributed by atoms with van der Waals surface area (Å²) in [4.78, 5) is 10.6. The predicted molar refractivity (Wildman–Crippen MR) is 104 cm³/mol. The van der Waals surface area contributed by atoms with Crippen LogP contribution in [0.3, 0.4) is 0 Å². The zero-order chi connectivity index (χ0) is 18.1. The van der Waals surface area contributed by atoms with Gasteiger partial charge in [0.15, 0.2) is 5.00 Å². The lowest BCUT2D eigenvalue weighted by atomic mass is 10.1. The van der Waals surface area contributed by atoms with Crippen molar-refractivity contribution in [3.8, 4) is 0 Å². The van der Waals surface area contributed by atoms with E-state index in [2.05, 4.69) is 19.9 Å². The number of hydrogen-bond donors (Lipinski definition) is 1. The molecule has 26 heavy (non-hydrogen) atoms. The van der Waals surface area contributed by atoms with Crippen LogP contribution in [-0.4, -0.2) is 16.3 Å². The van der Waals surface area contributed by atoms with Crippen LogP contribution in [0.2, 0.25) is 0 Å². The van der Waals surface area contributed by atoms with E-state index in [0.717, 1.165) is 22.1 Å². The van der Waals surface area contributed by atoms with Gasteiger partial charge < -0.3 is 5.32 Å². The molecule has 0 amide bonds. The molecule has 8 heteroatoms. The summed E-state index contributed by atoms with van der Waals surface area (Å²) in [6.07, 6.45) is 0. The number of nitrogens with zero attached hydrogens (tertiary/aromatic N) is 4. The van der Waals surface area contributed by atoms with Crippen molar-refractivity contribution in [2.24, 2.45) is 10.2 Å². The topological polar surface area (TPSA) is 92.8 Å². The number of nitro benzene ring substituents is 1. The first kappa shape index (κ1) is 16.1. The van der Waals surface area contributed by atoms with Gasteiger partial charge in [0.25, 0.3) is 5.69 Å². The number of aromatic nitrogens is 1. The number of nitro groups is 1. The Labute approximate surface area is 152 Å². The van der Waals surface area contributed by atoms with Crippen LogP contribution in [0.25, 0.3) is 21.7 Å². The van der Waals surface area contributed by atoms with Crippen molar-refractivity contribution in [2.45, 2.75) is 0 Å². The zero-order valence-electron chi connectivity index (χ0n) is 13.7. The second kappa shape index (κ2) is 6.49. The molecule has 0 spiro atoms. The molecule has 0 atom stereocenters. The normalized spacial score (nSPS) is 11.4. The van der Waals surface area contributed by atoms with Crippen LogP contribution in [0.15, 0.2) is 64.8 Å². The maximum atomic E-state index is 11.0. The summed E-state index contributed by atoms with van der Waals surface area (Å²) in [6, 6.07) is 16.4. The van der Waals surface area contributed by atoms with Gasteiger partial charge in [0, 0.05) is 30.0 Å². The minimum Gasteiger partial charge on any atom is -0.386 e. The number of fused-ring (bicyclic) bond motifs is 2. The molecule has 1 heterocycles. The molecular weight excluding hydrogens is 350 g/mol. The molecule has 128 valence electrons. The number of azo groups is 1. The molecule has 7 nitrogen and oxygen atoms in total. The molecule has 0 saturated carbocycles. The highest BCUT2D eigenvalue weighted by Gasteiger charge is 2.12. The average molecular weight is 363 g/mol. The highest BCUT2D eigenvalue weighted by atomic mass is 32.1. The predicted octanol–water partition coefficient (Wildman–Crippen LogP) is 5.81. The van der Waals surface area contributed by atoms with E-state index in [0.29, 0.717) is 15.9 Å². The van der Waals surface area contributed by atoms with E-state index in [4.69, 9.17) is 0 Å². The summed E-state index contributed by atoms with van der Waals surface area (Å²) in [5.41, 5.74) is 2.25. The van der Waals surface area contributed by atoms with Gasteiger partial charge in [0.05, 0.1) is 16.1 Å². The van der Waals surface area contributed by atoms with Crippen molar-refractivity contribution < 1.29 is 4.92 Å². The number of hydrogen-bond acceptors (Lipinski definition) is 7. The molecule has 0 saturated heterocycles. The summed E-state index contributed by atoms with van der Waals surface area (Å²) in [5, 5.41) is 26.1. The second-order valence-corrected chi connectivity index (χ2v) is 6.33. The van der Waals surface area contributed by atoms with Gasteiger partial charge in [-0.2, -0.15) is 4.37 Å². The lowest BCUT2D eigenvalue weighted by Gasteiger charge is -2.07. The Balaban J connectivity index is 1.84. The van der Waals surface area contributed by atoms with Crippen molar-refractivity contribution in [2.75, 3.05) is 12.4 Å². The summed E-state index contributed by atoms with van der Waals surface area (Å²) in [7, 11) is 1.83. The van der Waals surface area contributed by atoms with Crippen molar-refractivity contribution in [1.82, 2.24) is 4.37 Å². The number of nitrogens with one attached hydrogen (secondary N) is 1. The van der Waals surface area contributed by atoms with Crippen LogP contribution in [0.4, 0.5) is 22.1 Å². The van der Waals surface area contributed by atoms with Gasteiger partial charge in [-0.25, -0.2) is 0 Å². The molecule has 1 N–H and O–H groups in total. The Bertz CT molecular complexity index is 1170. The summed E-state index contributed by atoms with van der Waals surface area (Å²) < 4.78 is 4.29. The van der Waals surface area contributed by atoms with Crippen molar-refractivity contribution >= 4 is 55.3 Å². The Hall–Kier alpha value is -3.39. The fourth-order valence-corrected chi connectivity index (χ4v) is 3.45. The fourth-order valence-electron chi connectivity index (χ4n) is 2.76. The first-order chi connectivity index (χ1) is 12.7. The summed E-state index contributed by atoms with van der Waals surface area (Å²) >= 11 is 1.17. The van der Waals surface area contributed by atoms with E-state index in [-0.39, 0.29) is 5.69 Å². The number of rotatable bonds is 4. The first-order valence-electron chi connectivity index (χ1n) is 7.82. The summed E-state index contributed by atoms with van der Waals surface area (Å²) in [5.74, 6) is 0. The smallest absolute Gasteiger partial charge is 0.270 e. The molecule has 0 aliphatic rings. The van der Waals surface area contributed by atoms with Crippen LogP contribution in [0.5, 0.6) is 0 Å². The highest BCUT2D eigenvalue weighted by Crippen LogP contribution is 2.38. The van der Waals surface area contributed by atoms with Crippen molar-refractivity contribution in [3.63, 3.8) is 0 Å². The third-order valence-electron chi connectivity index (χ3n) is 4.06. The molecule has 0 aliphatic carbocycles. The molecule has 0 radical (unpaired) electrons. The Kier molecular flexibility index (Phi) is 4.02. The molecule has 0 fully saturated rings. The van der Waals surface area contributed by atoms with Crippen LogP contribution in [-0.2, 0) is 0 Å². The molecular formula is C18H13N5O2S. The SMILES string of the molecule is CNc1ccc2ccccc2c1N=Nc1snc2ccc([N+](=O)[O-])cc12. The van der Waals surface area contributed by atoms with Crippen LogP contribution in [0, 0.1) is 10.1 Å². The van der Waals surface area contributed by atoms with E-state index in [1.54, 1.807) is 6.07 Å². The fraction of sp³-hybridized carbons (Fsp3) is 0.0556. The van der Waals surface area contributed by atoms with E-state index >= 15 is 0 Å². The third-order valence-corrected chi connectivity index (χ3v) is 4.83. The van der Waals surface area contributed by atoms with Crippen LogP contribution < -0.4 is 5.32 Å². The van der Waals surface area contributed by atoms with Crippen LogP contribution >= 0.6 is 11.5 Å². The quantitative estimate of drug-likeness (QED) is 0.281. The Morgan fingerprint density at radius 2 is 1.92 bits per heavy atom. The molecule has 4 rings (SSSR count). The number of anilines is 1. The van der Waals surface area contributed by atoms with E-state index in [1.807, 2.05) is 43.4 Å². The van der Waals surface area contributed by atoms with Crippen LogP contribution in [0.1, 0.15) is 0 Å². The van der Waals surface area contributed by atoms with Gasteiger partial charge >= 0.3 is 0 Å². The molecule has 3 aromatic carbocycles. The van der Waals surface area contributed by atoms with Gasteiger partial charge in [-0.15, -0.1) is 10.2 Å². The zero-order valence-corrected chi connectivity index (χ0v) is 14.5. The molecule has 0 bridgehead atoms. The minimum atomic E-state index is -0.429.